The van der Waals surface area contributed by atoms with Gasteiger partial charge in [0.1, 0.15) is 24.4 Å². The smallest absolute Gasteiger partial charge is 0.410 e. The number of carbonyl (C=O) groups excluding carboxylic acids is 2. The maximum atomic E-state index is 13.5. The Morgan fingerprint density at radius 2 is 1.07 bits per heavy atom. The maximum absolute atomic E-state index is 13.5. The Morgan fingerprint density at radius 3 is 1.48 bits per heavy atom. The van der Waals surface area contributed by atoms with Crippen molar-refractivity contribution >= 4 is 38.1 Å². The fraction of sp³-hybridized carbons (Fsp3) is 0.538. The molecule has 0 aliphatic carbocycles. The summed E-state index contributed by atoms with van der Waals surface area (Å²) >= 11 is 0. The zero-order chi connectivity index (χ0) is 54.4. The molecule has 0 unspecified atom stereocenters. The number of likely N-dealkylation sites (tertiary alicyclic amines) is 2. The van der Waals surface area contributed by atoms with Crippen LogP contribution < -0.4 is 30.8 Å². The molecule has 2 aromatic heterocycles. The van der Waals surface area contributed by atoms with Crippen LogP contribution in [0.2, 0.25) is 0 Å². The van der Waals surface area contributed by atoms with Crippen molar-refractivity contribution in [1.82, 2.24) is 19.8 Å². The molecule has 2 aliphatic heterocycles. The van der Waals surface area contributed by atoms with Gasteiger partial charge in [0.05, 0.1) is 0 Å². The number of hydrogen-bond acceptors (Lipinski definition) is 14. The first-order valence-corrected chi connectivity index (χ1v) is 27.5. The first kappa shape index (κ1) is 59.9. The molecule has 73 heavy (non-hydrogen) atoms. The van der Waals surface area contributed by atoms with Crippen LogP contribution in [0.25, 0.3) is 0 Å². The average molecular weight is 1060 g/mol. The van der Waals surface area contributed by atoms with Gasteiger partial charge in [-0.25, -0.2) is 46.7 Å². The number of ether oxygens (including phenoxy) is 4. The van der Waals surface area contributed by atoms with E-state index in [9.17, 15) is 30.8 Å². The van der Waals surface area contributed by atoms with E-state index in [1.807, 2.05) is 112 Å². The molecule has 6 rings (SSSR count). The molecule has 2 aliphatic rings. The molecular formula is C52H77FN8O10S2. The van der Waals surface area contributed by atoms with Gasteiger partial charge in [-0.1, -0.05) is 60.7 Å². The normalized spacial score (nSPS) is 17.3. The van der Waals surface area contributed by atoms with E-state index >= 15 is 0 Å². The predicted octanol–water partition coefficient (Wildman–Crippen LogP) is 8.74. The number of rotatable bonds is 16. The van der Waals surface area contributed by atoms with Crippen molar-refractivity contribution < 1.29 is 49.8 Å². The lowest BCUT2D eigenvalue weighted by molar-refractivity contribution is 0.0118. The number of pyridine rings is 2. The molecule has 0 radical (unpaired) electrons. The monoisotopic (exact) mass is 1060 g/mol. The molecule has 2 fully saturated rings. The summed E-state index contributed by atoms with van der Waals surface area (Å²) in [4.78, 5) is 36.0. The number of nitrogens with two attached hydrogens (primary N) is 3. The van der Waals surface area contributed by atoms with E-state index in [0.29, 0.717) is 43.1 Å². The van der Waals surface area contributed by atoms with Crippen molar-refractivity contribution in [3.05, 3.63) is 102 Å². The molecule has 2 saturated heterocycles. The highest BCUT2D eigenvalue weighted by Gasteiger charge is 2.44. The van der Waals surface area contributed by atoms with E-state index < -0.39 is 42.2 Å². The highest BCUT2D eigenvalue weighted by molar-refractivity contribution is 7.89. The van der Waals surface area contributed by atoms with Gasteiger partial charge in [-0.3, -0.25) is 0 Å². The van der Waals surface area contributed by atoms with E-state index in [0.717, 1.165) is 68.8 Å². The third-order valence-corrected chi connectivity index (χ3v) is 13.3. The molecule has 0 spiro atoms. The van der Waals surface area contributed by atoms with Crippen molar-refractivity contribution in [2.24, 2.45) is 27.8 Å². The molecule has 2 aromatic carbocycles. The maximum Gasteiger partial charge on any atom is 0.410 e. The van der Waals surface area contributed by atoms with Gasteiger partial charge in [0.2, 0.25) is 0 Å². The molecule has 7 N–H and O–H groups in total. The second kappa shape index (κ2) is 25.6. The number of sulfonamides is 2. The summed E-state index contributed by atoms with van der Waals surface area (Å²) in [6.45, 7) is 22.9. The molecule has 18 nitrogen and oxygen atoms in total. The third kappa shape index (κ3) is 20.0. The van der Waals surface area contributed by atoms with Crippen LogP contribution in [0.15, 0.2) is 95.0 Å². The van der Waals surface area contributed by atoms with Gasteiger partial charge in [-0.15, -0.1) is 0 Å². The summed E-state index contributed by atoms with van der Waals surface area (Å²) in [6, 6.07) is 24.0. The Balaban J connectivity index is 0.000000262. The topological polar surface area (TPSA) is 262 Å². The summed E-state index contributed by atoms with van der Waals surface area (Å²) in [5.74, 6) is 0.533. The summed E-state index contributed by atoms with van der Waals surface area (Å²) in [5, 5.41) is 12.6. The van der Waals surface area contributed by atoms with Crippen LogP contribution in [-0.4, -0.2) is 97.2 Å². The van der Waals surface area contributed by atoms with Crippen molar-refractivity contribution in [1.29, 1.82) is 0 Å². The highest BCUT2D eigenvalue weighted by atomic mass is 32.2. The van der Waals surface area contributed by atoms with E-state index in [1.165, 1.54) is 12.1 Å². The van der Waals surface area contributed by atoms with Gasteiger partial charge in [0.25, 0.3) is 26.0 Å². The molecule has 2 atom stereocenters. The Labute approximate surface area is 432 Å². The number of aromatic nitrogens is 2. The first-order chi connectivity index (χ1) is 33.9. The van der Waals surface area contributed by atoms with Gasteiger partial charge in [0.15, 0.2) is 27.4 Å². The number of nitrogens with zero attached hydrogens (tertiary/aromatic N) is 4. The highest BCUT2D eigenvalue weighted by Crippen LogP contribution is 2.37. The number of benzene rings is 2. The van der Waals surface area contributed by atoms with Crippen LogP contribution in [0.4, 0.5) is 19.8 Å². The molecular weight excluding hydrogens is 980 g/mol. The van der Waals surface area contributed by atoms with E-state index in [-0.39, 0.29) is 40.6 Å². The van der Waals surface area contributed by atoms with Crippen molar-refractivity contribution in [2.75, 3.05) is 31.5 Å². The van der Waals surface area contributed by atoms with Crippen LogP contribution in [0.1, 0.15) is 119 Å². The lowest BCUT2D eigenvalue weighted by atomic mass is 9.93. The predicted molar refractivity (Wildman–Crippen MR) is 279 cm³/mol. The Kier molecular flexibility index (Phi) is 21.0. The van der Waals surface area contributed by atoms with Crippen molar-refractivity contribution in [3.8, 4) is 11.5 Å². The number of primary sulfonamides is 2. The van der Waals surface area contributed by atoms with Gasteiger partial charge >= 0.3 is 12.2 Å². The molecule has 21 heteroatoms. The Morgan fingerprint density at radius 1 is 0.658 bits per heavy atom. The minimum absolute atomic E-state index is 0.110. The van der Waals surface area contributed by atoms with E-state index in [1.54, 1.807) is 6.07 Å². The number of anilines is 1. The van der Waals surface area contributed by atoms with Crippen LogP contribution in [0, 0.1) is 17.8 Å². The standard InChI is InChI=1S/C26H38N4O5S.C14H28N2O2.C12H11FN2O3S/c1-25(2,3)35-24(31)30-17-20(16-26(30,4)5)12-9-15-28-23-21(13-14-22(29-23)36(27,32)33)34-18-19-10-7-6-8-11-19;1-13(2,3)18-12(17)16-10-11(7-6-8-15)9-14(16,4)5;13-12-10(6-7-11(15-12)19(14,16)17)18-8-9-4-2-1-3-5-9/h6-8,10-11,13-14,20H,9,12,15-18H2,1-5H3,(H,28,29)(H2,27,32,33);11H,6-10,15H2,1-5H3;1-7H,8H2,(H2,14,16,17)/t20-;11-;/m00./s1. The minimum Gasteiger partial charge on any atom is -0.485 e. The summed E-state index contributed by atoms with van der Waals surface area (Å²) in [6.07, 6.45) is 5.28. The van der Waals surface area contributed by atoms with Gasteiger partial charge in [-0.2, -0.15) is 4.39 Å². The second-order valence-electron chi connectivity index (χ2n) is 21.5. The molecule has 404 valence electrons. The lowest BCUT2D eigenvalue weighted by Gasteiger charge is -2.33. The van der Waals surface area contributed by atoms with Gasteiger partial charge in [0, 0.05) is 30.7 Å². The summed E-state index contributed by atoms with van der Waals surface area (Å²) in [7, 11) is -7.97. The van der Waals surface area contributed by atoms with Gasteiger partial charge in [-0.05, 0) is 162 Å². The first-order valence-electron chi connectivity index (χ1n) is 24.4. The van der Waals surface area contributed by atoms with Crippen molar-refractivity contribution in [3.63, 3.8) is 0 Å². The second-order valence-corrected chi connectivity index (χ2v) is 24.5. The minimum atomic E-state index is -4.02. The third-order valence-electron chi connectivity index (χ3n) is 11.7. The Hall–Kier alpha value is -5.61. The molecule has 2 amide bonds. The fourth-order valence-electron chi connectivity index (χ4n) is 8.41. The molecule has 0 bridgehead atoms. The average Bonchev–Trinajstić information content (AvgIpc) is 3.78. The fourth-order valence-corrected chi connectivity index (χ4v) is 9.35. The zero-order valence-corrected chi connectivity index (χ0v) is 45.7. The quantitative estimate of drug-likeness (QED) is 0.0604. The number of amides is 2. The molecule has 0 saturated carbocycles. The van der Waals surface area contributed by atoms with Crippen LogP contribution in [-0.2, 0) is 42.7 Å². The summed E-state index contributed by atoms with van der Waals surface area (Å²) < 4.78 is 81.3. The Bertz CT molecular complexity index is 2650. The molecule has 4 heterocycles. The van der Waals surface area contributed by atoms with E-state index in [4.69, 9.17) is 35.0 Å². The number of carbonyl (C=O) groups is 2. The van der Waals surface area contributed by atoms with Crippen LogP contribution >= 0.6 is 0 Å². The summed E-state index contributed by atoms with van der Waals surface area (Å²) in [5.41, 5.74) is 6.04. The van der Waals surface area contributed by atoms with Crippen LogP contribution in [0.3, 0.4) is 0 Å². The number of nitrogens with one attached hydrogen (secondary N) is 1. The largest absolute Gasteiger partial charge is 0.485 e. The van der Waals surface area contributed by atoms with Crippen LogP contribution in [0.5, 0.6) is 11.5 Å². The number of halogens is 1. The van der Waals surface area contributed by atoms with Gasteiger partial charge < -0.3 is 39.8 Å². The number of hydrogen-bond donors (Lipinski definition) is 4. The molecule has 4 aromatic rings. The van der Waals surface area contributed by atoms with Crippen molar-refractivity contribution in [2.45, 2.75) is 153 Å². The lowest BCUT2D eigenvalue weighted by Crippen LogP contribution is -2.45. The SMILES string of the molecule is CC(C)(C)OC(=O)N1C[C@@H](CCCN)CC1(C)C.CC(C)(C)OC(=O)N1C[C@@H](CCCNc2nc(S(N)(=O)=O)ccc2OCc2ccccc2)CC1(C)C.NS(=O)(=O)c1ccc(OCc2ccccc2)c(F)n1. The van der Waals surface area contributed by atoms with E-state index in [2.05, 4.69) is 43.0 Å². The zero-order valence-electron chi connectivity index (χ0n) is 44.0.